The molecule has 0 aliphatic heterocycles. The van der Waals surface area contributed by atoms with Crippen molar-refractivity contribution in [3.05, 3.63) is 34.6 Å². The van der Waals surface area contributed by atoms with E-state index in [1.54, 1.807) is 14.0 Å². The number of carbonyl (C=O) groups excluding carboxylic acids is 1. The number of benzene rings is 1. The molecule has 16 heavy (non-hydrogen) atoms. The summed E-state index contributed by atoms with van der Waals surface area (Å²) in [5.41, 5.74) is 0.116. The summed E-state index contributed by atoms with van der Waals surface area (Å²) in [5.74, 6) is -1.07. The summed E-state index contributed by atoms with van der Waals surface area (Å²) >= 11 is 5.86. The summed E-state index contributed by atoms with van der Waals surface area (Å²) in [6.07, 6.45) is 0. The van der Waals surface area contributed by atoms with E-state index >= 15 is 0 Å². The highest BCUT2D eigenvalue weighted by Gasteiger charge is 2.25. The zero-order chi connectivity index (χ0) is 12.1. The van der Waals surface area contributed by atoms with E-state index in [1.165, 1.54) is 18.2 Å². The van der Waals surface area contributed by atoms with Gasteiger partial charge in [-0.1, -0.05) is 17.7 Å². The van der Waals surface area contributed by atoms with Gasteiger partial charge in [0.1, 0.15) is 11.9 Å². The van der Waals surface area contributed by atoms with E-state index in [0.29, 0.717) is 0 Å². The third-order valence-electron chi connectivity index (χ3n) is 2.10. The first-order valence-corrected chi connectivity index (χ1v) is 5.27. The molecular weight excluding hydrogens is 233 g/mol. The topological polar surface area (TPSA) is 38.3 Å². The first kappa shape index (κ1) is 12.9. The number of hydrogen-bond donors (Lipinski definition) is 1. The van der Waals surface area contributed by atoms with E-state index in [1.807, 2.05) is 0 Å². The Morgan fingerprint density at radius 2 is 2.31 bits per heavy atom. The molecule has 1 aromatic rings. The number of nitrogens with one attached hydrogen (secondary N) is 1. The van der Waals surface area contributed by atoms with Crippen molar-refractivity contribution in [2.75, 3.05) is 13.7 Å². The molecule has 1 unspecified atom stereocenters. The van der Waals surface area contributed by atoms with Crippen LogP contribution in [0.15, 0.2) is 18.2 Å². The van der Waals surface area contributed by atoms with Crippen molar-refractivity contribution in [2.24, 2.45) is 0 Å². The number of rotatable bonds is 4. The lowest BCUT2D eigenvalue weighted by molar-refractivity contribution is -0.145. The number of hydrogen-bond acceptors (Lipinski definition) is 3. The van der Waals surface area contributed by atoms with Crippen molar-refractivity contribution >= 4 is 17.6 Å². The summed E-state index contributed by atoms with van der Waals surface area (Å²) in [5, 5.41) is 2.89. The first-order chi connectivity index (χ1) is 7.61. The minimum absolute atomic E-state index is 0.116. The normalized spacial score (nSPS) is 12.2. The molecule has 1 atom stereocenters. The molecule has 0 bridgehead atoms. The zero-order valence-corrected chi connectivity index (χ0v) is 9.84. The van der Waals surface area contributed by atoms with Crippen molar-refractivity contribution in [3.8, 4) is 0 Å². The Hall–Kier alpha value is -1.13. The molecule has 0 fully saturated rings. The van der Waals surface area contributed by atoms with Gasteiger partial charge in [-0.2, -0.15) is 0 Å². The van der Waals surface area contributed by atoms with Crippen molar-refractivity contribution in [3.63, 3.8) is 0 Å². The largest absolute Gasteiger partial charge is 0.465 e. The highest BCUT2D eigenvalue weighted by atomic mass is 35.5. The summed E-state index contributed by atoms with van der Waals surface area (Å²) < 4.78 is 18.4. The molecule has 1 aromatic carbocycles. The van der Waals surface area contributed by atoms with E-state index in [4.69, 9.17) is 16.3 Å². The van der Waals surface area contributed by atoms with Gasteiger partial charge in [-0.15, -0.1) is 0 Å². The van der Waals surface area contributed by atoms with Crippen LogP contribution in [0.5, 0.6) is 0 Å². The third kappa shape index (κ3) is 2.71. The number of esters is 1. The summed E-state index contributed by atoms with van der Waals surface area (Å²) in [6.45, 7) is 1.93. The van der Waals surface area contributed by atoms with Crippen molar-refractivity contribution in [1.29, 1.82) is 0 Å². The molecule has 0 aliphatic rings. The molecule has 1 N–H and O–H groups in total. The quantitative estimate of drug-likeness (QED) is 0.828. The van der Waals surface area contributed by atoms with E-state index in [9.17, 15) is 9.18 Å². The molecule has 3 nitrogen and oxygen atoms in total. The van der Waals surface area contributed by atoms with Gasteiger partial charge in [0.2, 0.25) is 0 Å². The van der Waals surface area contributed by atoms with Gasteiger partial charge < -0.3 is 10.1 Å². The fraction of sp³-hybridized carbons (Fsp3) is 0.364. The fourth-order valence-corrected chi connectivity index (χ4v) is 1.66. The molecule has 0 aromatic heterocycles. The molecule has 0 saturated carbocycles. The van der Waals surface area contributed by atoms with Crippen LogP contribution in [0.25, 0.3) is 0 Å². The Morgan fingerprint density at radius 3 is 2.81 bits per heavy atom. The van der Waals surface area contributed by atoms with Crippen LogP contribution in [0.3, 0.4) is 0 Å². The lowest BCUT2D eigenvalue weighted by atomic mass is 10.1. The molecule has 1 rings (SSSR count). The van der Waals surface area contributed by atoms with Crippen LogP contribution in [-0.2, 0) is 9.53 Å². The lowest BCUT2D eigenvalue weighted by Gasteiger charge is -2.16. The molecule has 88 valence electrons. The van der Waals surface area contributed by atoms with Gasteiger partial charge in [-0.25, -0.2) is 9.18 Å². The van der Waals surface area contributed by atoms with Gasteiger partial charge in [-0.3, -0.25) is 0 Å². The fourth-order valence-electron chi connectivity index (χ4n) is 1.39. The second-order valence-corrected chi connectivity index (χ2v) is 3.52. The van der Waals surface area contributed by atoms with Gasteiger partial charge >= 0.3 is 5.97 Å². The monoisotopic (exact) mass is 245 g/mol. The molecule has 0 spiro atoms. The SMILES string of the molecule is CCOC(=O)C(NC)c1c(F)cccc1Cl. The van der Waals surface area contributed by atoms with Crippen molar-refractivity contribution in [1.82, 2.24) is 5.32 Å². The van der Waals surface area contributed by atoms with E-state index in [-0.39, 0.29) is 17.2 Å². The molecule has 0 amide bonds. The molecule has 0 radical (unpaired) electrons. The molecule has 0 heterocycles. The number of likely N-dealkylation sites (N-methyl/N-ethyl adjacent to an activating group) is 1. The molecular formula is C11H13ClFNO2. The highest BCUT2D eigenvalue weighted by Crippen LogP contribution is 2.26. The van der Waals surface area contributed by atoms with Crippen LogP contribution in [0.1, 0.15) is 18.5 Å². The van der Waals surface area contributed by atoms with Crippen LogP contribution in [0, 0.1) is 5.82 Å². The van der Waals surface area contributed by atoms with Gasteiger partial charge in [0.15, 0.2) is 0 Å². The maximum atomic E-state index is 13.6. The maximum Gasteiger partial charge on any atom is 0.327 e. The average molecular weight is 246 g/mol. The van der Waals surface area contributed by atoms with E-state index < -0.39 is 17.8 Å². The average Bonchev–Trinajstić information content (AvgIpc) is 2.24. The standard InChI is InChI=1S/C11H13ClFNO2/c1-3-16-11(15)10(14-2)9-7(12)5-4-6-8(9)13/h4-6,10,14H,3H2,1-2H3. The van der Waals surface area contributed by atoms with E-state index in [0.717, 1.165) is 0 Å². The number of halogens is 2. The Morgan fingerprint density at radius 1 is 1.62 bits per heavy atom. The van der Waals surface area contributed by atoms with Crippen LogP contribution >= 0.6 is 11.6 Å². The first-order valence-electron chi connectivity index (χ1n) is 4.89. The summed E-state index contributed by atoms with van der Waals surface area (Å²) in [6, 6.07) is 3.39. The zero-order valence-electron chi connectivity index (χ0n) is 9.09. The van der Waals surface area contributed by atoms with E-state index in [2.05, 4.69) is 5.32 Å². The molecule has 0 aliphatic carbocycles. The lowest BCUT2D eigenvalue weighted by Crippen LogP contribution is -2.28. The van der Waals surface area contributed by atoms with Crippen LogP contribution in [-0.4, -0.2) is 19.6 Å². The van der Waals surface area contributed by atoms with Crippen molar-refractivity contribution < 1.29 is 13.9 Å². The smallest absolute Gasteiger partial charge is 0.327 e. The third-order valence-corrected chi connectivity index (χ3v) is 2.43. The minimum Gasteiger partial charge on any atom is -0.465 e. The molecule has 0 saturated heterocycles. The van der Waals surface area contributed by atoms with Crippen LogP contribution < -0.4 is 5.32 Å². The Bertz CT molecular complexity index is 364. The summed E-state index contributed by atoms with van der Waals surface area (Å²) in [4.78, 5) is 11.6. The van der Waals surface area contributed by atoms with Gasteiger partial charge in [0.05, 0.1) is 6.61 Å². The van der Waals surface area contributed by atoms with Crippen LogP contribution in [0.2, 0.25) is 5.02 Å². The van der Waals surface area contributed by atoms with Crippen LogP contribution in [0.4, 0.5) is 4.39 Å². The number of ether oxygens (including phenoxy) is 1. The second-order valence-electron chi connectivity index (χ2n) is 3.11. The Kier molecular flexibility index (Phi) is 4.71. The second kappa shape index (κ2) is 5.82. The minimum atomic E-state index is -0.881. The van der Waals surface area contributed by atoms with Gasteiger partial charge in [-0.05, 0) is 26.1 Å². The number of carbonyl (C=O) groups is 1. The van der Waals surface area contributed by atoms with Gasteiger partial charge in [0.25, 0.3) is 0 Å². The maximum absolute atomic E-state index is 13.6. The van der Waals surface area contributed by atoms with Crippen molar-refractivity contribution in [2.45, 2.75) is 13.0 Å². The Balaban J connectivity index is 3.08. The predicted octanol–water partition coefficient (Wildman–Crippen LogP) is 2.30. The van der Waals surface area contributed by atoms with Gasteiger partial charge in [0, 0.05) is 10.6 Å². The highest BCUT2D eigenvalue weighted by molar-refractivity contribution is 6.31. The summed E-state index contributed by atoms with van der Waals surface area (Å²) in [7, 11) is 1.55. The predicted molar refractivity (Wildman–Crippen MR) is 59.8 cm³/mol. The molecule has 5 heteroatoms. The Labute approximate surface area is 98.5 Å².